The Bertz CT molecular complexity index is 428. The average molecular weight is 234 g/mol. The molecule has 92 valence electrons. The number of hydrogen-bond donors (Lipinski definition) is 2. The van der Waals surface area contributed by atoms with E-state index < -0.39 is 0 Å². The summed E-state index contributed by atoms with van der Waals surface area (Å²) in [6, 6.07) is 4.05. The highest BCUT2D eigenvalue weighted by atomic mass is 16.4. The van der Waals surface area contributed by atoms with Gasteiger partial charge in [-0.25, -0.2) is 4.98 Å². The predicted molar refractivity (Wildman–Crippen MR) is 67.3 cm³/mol. The quantitative estimate of drug-likeness (QED) is 0.357. The highest BCUT2D eigenvalue weighted by Crippen LogP contribution is 2.35. The van der Waals surface area contributed by atoms with E-state index >= 15 is 0 Å². The van der Waals surface area contributed by atoms with E-state index in [1.807, 2.05) is 13.1 Å². The van der Waals surface area contributed by atoms with E-state index in [0.29, 0.717) is 11.6 Å². The third-order valence-electron chi connectivity index (χ3n) is 3.43. The zero-order valence-electron chi connectivity index (χ0n) is 10.2. The first-order chi connectivity index (χ1) is 8.13. The molecule has 0 saturated heterocycles. The molecule has 0 aliphatic heterocycles. The largest absolute Gasteiger partial charge is 0.409 e. The molecule has 1 saturated carbocycles. The maximum atomic E-state index is 8.65. The van der Waals surface area contributed by atoms with E-state index in [0.717, 1.165) is 11.7 Å². The van der Waals surface area contributed by atoms with Crippen LogP contribution < -0.4 is 10.6 Å². The van der Waals surface area contributed by atoms with Gasteiger partial charge in [0.2, 0.25) is 0 Å². The Balaban J connectivity index is 2.20. The van der Waals surface area contributed by atoms with Gasteiger partial charge in [0.15, 0.2) is 5.84 Å². The van der Waals surface area contributed by atoms with E-state index in [2.05, 4.69) is 22.0 Å². The van der Waals surface area contributed by atoms with E-state index in [4.69, 9.17) is 10.9 Å². The average Bonchev–Trinajstić information content (AvgIpc) is 3.20. The molecule has 0 amide bonds. The topological polar surface area (TPSA) is 74.7 Å². The molecule has 1 aromatic rings. The first-order valence-electron chi connectivity index (χ1n) is 5.80. The van der Waals surface area contributed by atoms with E-state index in [1.54, 1.807) is 12.3 Å². The van der Waals surface area contributed by atoms with Crippen LogP contribution in [0.3, 0.4) is 0 Å². The third-order valence-corrected chi connectivity index (χ3v) is 3.43. The first kappa shape index (κ1) is 11.7. The SMILES string of the molecule is CC(C1CC1)N(C)c1cc(/C(N)=N/O)ccn1. The lowest BCUT2D eigenvalue weighted by atomic mass is 10.2. The fourth-order valence-electron chi connectivity index (χ4n) is 1.93. The van der Waals surface area contributed by atoms with Gasteiger partial charge >= 0.3 is 0 Å². The fraction of sp³-hybridized carbons (Fsp3) is 0.500. The molecule has 1 fully saturated rings. The molecule has 5 nitrogen and oxygen atoms in total. The molecule has 1 heterocycles. The molecule has 17 heavy (non-hydrogen) atoms. The van der Waals surface area contributed by atoms with Crippen LogP contribution in [-0.4, -0.2) is 29.1 Å². The molecule has 1 aromatic heterocycles. The summed E-state index contributed by atoms with van der Waals surface area (Å²) in [5.41, 5.74) is 6.25. The summed E-state index contributed by atoms with van der Waals surface area (Å²) in [7, 11) is 2.03. The van der Waals surface area contributed by atoms with Crippen LogP contribution in [0.5, 0.6) is 0 Å². The number of aromatic nitrogens is 1. The van der Waals surface area contributed by atoms with Crippen molar-refractivity contribution in [2.75, 3.05) is 11.9 Å². The van der Waals surface area contributed by atoms with Gasteiger partial charge in [0.05, 0.1) is 0 Å². The lowest BCUT2D eigenvalue weighted by Crippen LogP contribution is -2.31. The Morgan fingerprint density at radius 2 is 2.35 bits per heavy atom. The van der Waals surface area contributed by atoms with E-state index in [-0.39, 0.29) is 5.84 Å². The van der Waals surface area contributed by atoms with Crippen LogP contribution in [0.15, 0.2) is 23.5 Å². The van der Waals surface area contributed by atoms with Gasteiger partial charge in [-0.15, -0.1) is 0 Å². The van der Waals surface area contributed by atoms with Crippen molar-refractivity contribution in [3.05, 3.63) is 23.9 Å². The molecular formula is C12H18N4O. The normalized spacial score (nSPS) is 17.9. The van der Waals surface area contributed by atoms with Crippen molar-refractivity contribution in [3.8, 4) is 0 Å². The molecule has 2 rings (SSSR count). The summed E-state index contributed by atoms with van der Waals surface area (Å²) >= 11 is 0. The number of anilines is 1. The van der Waals surface area contributed by atoms with Crippen molar-refractivity contribution in [2.45, 2.75) is 25.8 Å². The fourth-order valence-corrected chi connectivity index (χ4v) is 1.93. The number of amidine groups is 1. The Hall–Kier alpha value is -1.78. The standard InChI is InChI=1S/C12H18N4O/c1-8(9-3-4-9)16(2)11-7-10(5-6-14-11)12(13)15-17/h5-9,17H,3-4H2,1-2H3,(H2,13,15). The van der Waals surface area contributed by atoms with E-state index in [9.17, 15) is 0 Å². The Morgan fingerprint density at radius 3 is 2.94 bits per heavy atom. The van der Waals surface area contributed by atoms with Gasteiger partial charge in [0.1, 0.15) is 5.82 Å². The molecule has 1 aliphatic carbocycles. The molecule has 1 aliphatic rings. The summed E-state index contributed by atoms with van der Waals surface area (Å²) < 4.78 is 0. The van der Waals surface area contributed by atoms with Crippen LogP contribution in [0.1, 0.15) is 25.3 Å². The Labute approximate surface area is 101 Å². The van der Waals surface area contributed by atoms with Crippen molar-refractivity contribution < 1.29 is 5.21 Å². The number of hydrogen-bond acceptors (Lipinski definition) is 4. The molecule has 1 unspecified atom stereocenters. The molecule has 0 spiro atoms. The summed E-state index contributed by atoms with van der Waals surface area (Å²) in [4.78, 5) is 6.47. The summed E-state index contributed by atoms with van der Waals surface area (Å²) in [5, 5.41) is 11.7. The Morgan fingerprint density at radius 1 is 1.65 bits per heavy atom. The van der Waals surface area contributed by atoms with Crippen LogP contribution in [0.4, 0.5) is 5.82 Å². The van der Waals surface area contributed by atoms with Crippen molar-refractivity contribution in [2.24, 2.45) is 16.8 Å². The van der Waals surface area contributed by atoms with Crippen molar-refractivity contribution in [1.29, 1.82) is 0 Å². The second-order valence-electron chi connectivity index (χ2n) is 4.58. The smallest absolute Gasteiger partial charge is 0.170 e. The van der Waals surface area contributed by atoms with Crippen LogP contribution >= 0.6 is 0 Å². The second-order valence-corrected chi connectivity index (χ2v) is 4.58. The number of pyridine rings is 1. The third kappa shape index (κ3) is 2.49. The minimum atomic E-state index is 0.112. The Kier molecular flexibility index (Phi) is 3.17. The molecule has 5 heteroatoms. The minimum absolute atomic E-state index is 0.112. The minimum Gasteiger partial charge on any atom is -0.409 e. The van der Waals surface area contributed by atoms with Gasteiger partial charge in [-0.2, -0.15) is 0 Å². The molecule has 3 N–H and O–H groups in total. The van der Waals surface area contributed by atoms with Gasteiger partial charge in [0.25, 0.3) is 0 Å². The summed E-state index contributed by atoms with van der Waals surface area (Å²) in [6.07, 6.45) is 4.27. The van der Waals surface area contributed by atoms with Crippen LogP contribution in [0.2, 0.25) is 0 Å². The highest BCUT2D eigenvalue weighted by molar-refractivity contribution is 5.97. The van der Waals surface area contributed by atoms with Crippen molar-refractivity contribution in [1.82, 2.24) is 4.98 Å². The number of nitrogens with two attached hydrogens (primary N) is 1. The molecular weight excluding hydrogens is 216 g/mol. The van der Waals surface area contributed by atoms with Crippen LogP contribution in [0.25, 0.3) is 0 Å². The summed E-state index contributed by atoms with van der Waals surface area (Å²) in [6.45, 7) is 2.20. The highest BCUT2D eigenvalue weighted by Gasteiger charge is 2.31. The number of nitrogens with zero attached hydrogens (tertiary/aromatic N) is 3. The van der Waals surface area contributed by atoms with Crippen molar-refractivity contribution >= 4 is 11.7 Å². The summed E-state index contributed by atoms with van der Waals surface area (Å²) in [5.74, 6) is 1.74. The van der Waals surface area contributed by atoms with Gasteiger partial charge in [-0.05, 0) is 37.8 Å². The maximum absolute atomic E-state index is 8.65. The predicted octanol–water partition coefficient (Wildman–Crippen LogP) is 1.41. The monoisotopic (exact) mass is 234 g/mol. The number of rotatable bonds is 4. The molecule has 0 bridgehead atoms. The zero-order valence-corrected chi connectivity index (χ0v) is 10.2. The van der Waals surface area contributed by atoms with Crippen LogP contribution in [0, 0.1) is 5.92 Å². The van der Waals surface area contributed by atoms with Gasteiger partial charge in [-0.1, -0.05) is 5.16 Å². The lowest BCUT2D eigenvalue weighted by Gasteiger charge is -2.26. The van der Waals surface area contributed by atoms with Crippen LogP contribution in [-0.2, 0) is 0 Å². The second kappa shape index (κ2) is 4.61. The van der Waals surface area contributed by atoms with Gasteiger partial charge in [0, 0.05) is 24.8 Å². The van der Waals surface area contributed by atoms with E-state index in [1.165, 1.54) is 12.8 Å². The zero-order chi connectivity index (χ0) is 12.4. The molecule has 0 radical (unpaired) electrons. The first-order valence-corrected chi connectivity index (χ1v) is 5.80. The molecule has 1 atom stereocenters. The maximum Gasteiger partial charge on any atom is 0.170 e. The molecule has 0 aromatic carbocycles. The lowest BCUT2D eigenvalue weighted by molar-refractivity contribution is 0.318. The number of oxime groups is 1. The van der Waals surface area contributed by atoms with Crippen molar-refractivity contribution in [3.63, 3.8) is 0 Å². The van der Waals surface area contributed by atoms with Gasteiger partial charge < -0.3 is 15.8 Å². The van der Waals surface area contributed by atoms with Gasteiger partial charge in [-0.3, -0.25) is 0 Å².